The number of rotatable bonds is 2. The molecule has 2 nitrogen and oxygen atoms in total. The van der Waals surface area contributed by atoms with Crippen LogP contribution in [-0.4, -0.2) is 26.8 Å². The van der Waals surface area contributed by atoms with E-state index in [-0.39, 0.29) is 4.75 Å². The summed E-state index contributed by atoms with van der Waals surface area (Å²) in [5, 5.41) is 0. The molecule has 72 valence electrons. The summed E-state index contributed by atoms with van der Waals surface area (Å²) in [6.07, 6.45) is 1.16. The average molecular weight is 207 g/mol. The quantitative estimate of drug-likeness (QED) is 0.698. The molecule has 0 aromatic carbocycles. The van der Waals surface area contributed by atoms with Crippen molar-refractivity contribution in [2.45, 2.75) is 38.0 Å². The van der Waals surface area contributed by atoms with Gasteiger partial charge < -0.3 is 4.55 Å². The molecule has 1 rings (SSSR count). The summed E-state index contributed by atoms with van der Waals surface area (Å²) in [6, 6.07) is 0.468. The van der Waals surface area contributed by atoms with Gasteiger partial charge in [0, 0.05) is 17.1 Å². The van der Waals surface area contributed by atoms with Crippen molar-refractivity contribution in [3.05, 3.63) is 0 Å². The molecule has 1 fully saturated rings. The van der Waals surface area contributed by atoms with E-state index in [2.05, 4.69) is 4.72 Å². The van der Waals surface area contributed by atoms with E-state index in [1.165, 1.54) is 5.75 Å². The van der Waals surface area contributed by atoms with E-state index in [1.807, 2.05) is 32.5 Å². The summed E-state index contributed by atoms with van der Waals surface area (Å²) < 4.78 is 14.6. The Morgan fingerprint density at radius 2 is 2.17 bits per heavy atom. The molecule has 0 aromatic rings. The Balaban J connectivity index is 2.30. The summed E-state index contributed by atoms with van der Waals surface area (Å²) in [6.45, 7) is 5.99. The highest BCUT2D eigenvalue weighted by atomic mass is 32.2. The van der Waals surface area contributed by atoms with Gasteiger partial charge >= 0.3 is 0 Å². The Hall–Kier alpha value is 0.620. The number of hydrogen-bond donors (Lipinski definition) is 1. The minimum absolute atomic E-state index is 0.132. The largest absolute Gasteiger partial charge is 0.598 e. The zero-order chi connectivity index (χ0) is 9.19. The lowest BCUT2D eigenvalue weighted by Gasteiger charge is -2.25. The van der Waals surface area contributed by atoms with Crippen molar-refractivity contribution < 1.29 is 4.55 Å². The Bertz CT molecular complexity index is 140. The Labute approximate surface area is 82.2 Å². The Morgan fingerprint density at radius 1 is 1.50 bits per heavy atom. The summed E-state index contributed by atoms with van der Waals surface area (Å²) in [4.78, 5) is 0. The summed E-state index contributed by atoms with van der Waals surface area (Å²) in [5.41, 5.74) is 0. The van der Waals surface area contributed by atoms with Crippen LogP contribution in [-0.2, 0) is 11.4 Å². The molecule has 0 aromatic heterocycles. The minimum Gasteiger partial charge on any atom is -0.598 e. The van der Waals surface area contributed by atoms with Crippen LogP contribution in [0.3, 0.4) is 0 Å². The summed E-state index contributed by atoms with van der Waals surface area (Å²) >= 11 is 1.05. The van der Waals surface area contributed by atoms with Crippen molar-refractivity contribution in [3.63, 3.8) is 0 Å². The second-order valence-electron chi connectivity index (χ2n) is 4.06. The third-order valence-corrected chi connectivity index (χ3v) is 4.58. The molecule has 0 spiro atoms. The second kappa shape index (κ2) is 4.22. The highest BCUT2D eigenvalue weighted by Gasteiger charge is 2.30. The number of thioether (sulfide) groups is 1. The van der Waals surface area contributed by atoms with E-state index in [0.29, 0.717) is 6.04 Å². The van der Waals surface area contributed by atoms with Gasteiger partial charge in [0.2, 0.25) is 0 Å². The first-order valence-corrected chi connectivity index (χ1v) is 6.56. The van der Waals surface area contributed by atoms with Crippen LogP contribution in [0.5, 0.6) is 0 Å². The van der Waals surface area contributed by atoms with Gasteiger partial charge in [0.25, 0.3) is 0 Å². The molecule has 0 unspecified atom stereocenters. The van der Waals surface area contributed by atoms with Gasteiger partial charge in [-0.3, -0.25) is 0 Å². The Kier molecular flexibility index (Phi) is 3.76. The van der Waals surface area contributed by atoms with E-state index in [9.17, 15) is 4.55 Å². The van der Waals surface area contributed by atoms with Gasteiger partial charge in [0.05, 0.1) is 6.04 Å². The van der Waals surface area contributed by atoms with Crippen molar-refractivity contribution in [2.75, 3.05) is 11.5 Å². The smallest absolute Gasteiger partial charge is 0.136 e. The molecule has 4 heteroatoms. The van der Waals surface area contributed by atoms with Crippen molar-refractivity contribution >= 4 is 23.1 Å². The first-order chi connectivity index (χ1) is 5.50. The van der Waals surface area contributed by atoms with Crippen LogP contribution in [0.2, 0.25) is 0 Å². The van der Waals surface area contributed by atoms with E-state index in [0.717, 1.165) is 12.2 Å². The van der Waals surface area contributed by atoms with E-state index < -0.39 is 11.4 Å². The molecular formula is C8H17NOS2. The highest BCUT2D eigenvalue weighted by Crippen LogP contribution is 2.21. The predicted molar refractivity (Wildman–Crippen MR) is 56.8 cm³/mol. The van der Waals surface area contributed by atoms with Crippen LogP contribution in [0.25, 0.3) is 0 Å². The van der Waals surface area contributed by atoms with Gasteiger partial charge in [0.1, 0.15) is 4.75 Å². The highest BCUT2D eigenvalue weighted by molar-refractivity contribution is 7.99. The first kappa shape index (κ1) is 10.7. The fourth-order valence-corrected chi connectivity index (χ4v) is 3.07. The zero-order valence-corrected chi connectivity index (χ0v) is 9.56. The molecule has 1 heterocycles. The van der Waals surface area contributed by atoms with E-state index >= 15 is 0 Å². The lowest BCUT2D eigenvalue weighted by Crippen LogP contribution is -2.44. The van der Waals surface area contributed by atoms with Gasteiger partial charge in [0.15, 0.2) is 0 Å². The van der Waals surface area contributed by atoms with Gasteiger partial charge in [-0.25, -0.2) is 0 Å². The molecule has 1 aliphatic rings. The first-order valence-electron chi connectivity index (χ1n) is 4.26. The van der Waals surface area contributed by atoms with Crippen LogP contribution in [0.1, 0.15) is 27.2 Å². The van der Waals surface area contributed by atoms with Crippen molar-refractivity contribution in [1.29, 1.82) is 0 Å². The molecule has 12 heavy (non-hydrogen) atoms. The lowest BCUT2D eigenvalue weighted by atomic mass is 10.3. The standard InChI is InChI=1S/C8H17NOS2/c1-8(2,3)12(10)9-7-4-5-11-6-7/h7,9H,4-6H2,1-3H3/t7-,12-/m1/s1. The molecule has 0 saturated carbocycles. The van der Waals surface area contributed by atoms with Gasteiger partial charge in [-0.1, -0.05) is 0 Å². The van der Waals surface area contributed by atoms with Gasteiger partial charge in [-0.15, -0.1) is 4.72 Å². The molecule has 0 bridgehead atoms. The second-order valence-corrected chi connectivity index (χ2v) is 7.21. The van der Waals surface area contributed by atoms with Gasteiger partial charge in [-0.2, -0.15) is 11.8 Å². The van der Waals surface area contributed by atoms with Gasteiger partial charge in [-0.05, 0) is 32.9 Å². The summed E-state index contributed by atoms with van der Waals surface area (Å²) in [5.74, 6) is 2.32. The minimum atomic E-state index is -0.890. The molecule has 1 saturated heterocycles. The predicted octanol–water partition coefficient (Wildman–Crippen LogP) is 1.54. The number of nitrogens with one attached hydrogen (secondary N) is 1. The van der Waals surface area contributed by atoms with Crippen molar-refractivity contribution in [3.8, 4) is 0 Å². The average Bonchev–Trinajstić information content (AvgIpc) is 2.37. The molecule has 0 amide bonds. The topological polar surface area (TPSA) is 35.1 Å². The SMILES string of the molecule is CC(C)(C)[S@@+]([O-])N[C@@H]1CCSC1. The van der Waals surface area contributed by atoms with Crippen LogP contribution < -0.4 is 4.72 Å². The summed E-state index contributed by atoms with van der Waals surface area (Å²) in [7, 11) is 0. The molecule has 1 aliphatic heterocycles. The van der Waals surface area contributed by atoms with Crippen LogP contribution in [0.15, 0.2) is 0 Å². The van der Waals surface area contributed by atoms with Crippen molar-refractivity contribution in [1.82, 2.24) is 4.72 Å². The zero-order valence-electron chi connectivity index (χ0n) is 7.92. The lowest BCUT2D eigenvalue weighted by molar-refractivity contribution is 0.528. The van der Waals surface area contributed by atoms with Crippen LogP contribution in [0.4, 0.5) is 0 Å². The monoisotopic (exact) mass is 207 g/mol. The van der Waals surface area contributed by atoms with E-state index in [1.54, 1.807) is 0 Å². The molecule has 0 radical (unpaired) electrons. The van der Waals surface area contributed by atoms with E-state index in [4.69, 9.17) is 0 Å². The normalized spacial score (nSPS) is 27.5. The van der Waals surface area contributed by atoms with Crippen LogP contribution in [0, 0.1) is 0 Å². The molecule has 0 aliphatic carbocycles. The molecule has 1 N–H and O–H groups in total. The maximum Gasteiger partial charge on any atom is 0.136 e. The number of hydrogen-bond acceptors (Lipinski definition) is 3. The Morgan fingerprint density at radius 3 is 2.58 bits per heavy atom. The fraction of sp³-hybridized carbons (Fsp3) is 1.00. The third kappa shape index (κ3) is 3.17. The fourth-order valence-electron chi connectivity index (χ4n) is 0.956. The molecular weight excluding hydrogens is 190 g/mol. The maximum atomic E-state index is 11.6. The third-order valence-electron chi connectivity index (χ3n) is 1.76. The van der Waals surface area contributed by atoms with Crippen LogP contribution >= 0.6 is 11.8 Å². The molecule has 2 atom stereocenters. The van der Waals surface area contributed by atoms with Crippen molar-refractivity contribution in [2.24, 2.45) is 0 Å². The maximum absolute atomic E-state index is 11.6.